The predicted molar refractivity (Wildman–Crippen MR) is 100 cm³/mol. The van der Waals surface area contributed by atoms with Crippen LogP contribution in [-0.2, 0) is 6.42 Å². The summed E-state index contributed by atoms with van der Waals surface area (Å²) >= 11 is 12.0. The summed E-state index contributed by atoms with van der Waals surface area (Å²) in [6, 6.07) is 24.5. The van der Waals surface area contributed by atoms with Crippen molar-refractivity contribution in [3.8, 4) is 0 Å². The smallest absolute Gasteiger partial charge is 0.170 e. The fraction of sp³-hybridized carbons (Fsp3) is 0.0952. The summed E-state index contributed by atoms with van der Waals surface area (Å²) in [5.41, 5.74) is 2.75. The Morgan fingerprint density at radius 1 is 0.750 bits per heavy atom. The van der Waals surface area contributed by atoms with Crippen LogP contribution in [-0.4, -0.2) is 5.78 Å². The molecule has 3 heteroatoms. The number of Topliss-reactive ketones (excluding diaryl/α,β-unsaturated/α-hetero) is 1. The zero-order valence-electron chi connectivity index (χ0n) is 13.0. The second-order valence-corrected chi connectivity index (χ2v) is 6.54. The van der Waals surface area contributed by atoms with Gasteiger partial charge in [-0.2, -0.15) is 0 Å². The molecule has 0 aliphatic rings. The Hall–Kier alpha value is -2.09. The largest absolute Gasteiger partial charge is 0.293 e. The van der Waals surface area contributed by atoms with Crippen LogP contribution in [0.3, 0.4) is 0 Å². The fourth-order valence-electron chi connectivity index (χ4n) is 2.72. The summed E-state index contributed by atoms with van der Waals surface area (Å²) in [6.45, 7) is 0. The van der Waals surface area contributed by atoms with E-state index in [-0.39, 0.29) is 11.7 Å². The lowest BCUT2D eigenvalue weighted by atomic mass is 9.85. The van der Waals surface area contributed by atoms with Crippen LogP contribution >= 0.6 is 23.2 Å². The first-order valence-electron chi connectivity index (χ1n) is 7.72. The van der Waals surface area contributed by atoms with Crippen LogP contribution in [0.1, 0.15) is 27.4 Å². The molecule has 24 heavy (non-hydrogen) atoms. The van der Waals surface area contributed by atoms with Crippen molar-refractivity contribution in [1.29, 1.82) is 0 Å². The van der Waals surface area contributed by atoms with Crippen LogP contribution in [0.15, 0.2) is 78.9 Å². The number of benzene rings is 3. The molecule has 1 nitrogen and oxygen atoms in total. The van der Waals surface area contributed by atoms with Crippen molar-refractivity contribution < 1.29 is 4.79 Å². The molecule has 0 saturated heterocycles. The van der Waals surface area contributed by atoms with Crippen molar-refractivity contribution in [2.75, 3.05) is 0 Å². The molecule has 1 unspecified atom stereocenters. The number of halogens is 2. The molecule has 0 N–H and O–H groups in total. The van der Waals surface area contributed by atoms with Gasteiger partial charge in [-0.15, -0.1) is 0 Å². The monoisotopic (exact) mass is 354 g/mol. The van der Waals surface area contributed by atoms with Gasteiger partial charge in [0.1, 0.15) is 0 Å². The first-order valence-corrected chi connectivity index (χ1v) is 8.48. The van der Waals surface area contributed by atoms with Crippen molar-refractivity contribution in [2.24, 2.45) is 0 Å². The topological polar surface area (TPSA) is 17.1 Å². The van der Waals surface area contributed by atoms with E-state index in [1.165, 1.54) is 0 Å². The number of hydrogen-bond acceptors (Lipinski definition) is 1. The average Bonchev–Trinajstić information content (AvgIpc) is 2.62. The maximum Gasteiger partial charge on any atom is 0.170 e. The maximum atomic E-state index is 13.0. The molecule has 3 aromatic rings. The van der Waals surface area contributed by atoms with Crippen LogP contribution in [0.4, 0.5) is 0 Å². The first kappa shape index (κ1) is 16.8. The lowest BCUT2D eigenvalue weighted by molar-refractivity contribution is 0.0959. The molecular formula is C21H16Cl2O. The SMILES string of the molecule is O=C(c1ccccc1)C(Cc1ccc(Cl)cc1)c1ccc(Cl)cc1. The van der Waals surface area contributed by atoms with E-state index >= 15 is 0 Å². The summed E-state index contributed by atoms with van der Waals surface area (Å²) in [5, 5.41) is 1.35. The lowest BCUT2D eigenvalue weighted by Crippen LogP contribution is -2.15. The van der Waals surface area contributed by atoms with E-state index in [9.17, 15) is 4.79 Å². The zero-order valence-corrected chi connectivity index (χ0v) is 14.5. The number of carbonyl (C=O) groups excluding carboxylic acids is 1. The third kappa shape index (κ3) is 4.05. The highest BCUT2D eigenvalue weighted by Crippen LogP contribution is 2.27. The molecule has 0 saturated carbocycles. The molecule has 120 valence electrons. The van der Waals surface area contributed by atoms with Gasteiger partial charge in [-0.25, -0.2) is 0 Å². The van der Waals surface area contributed by atoms with Gasteiger partial charge >= 0.3 is 0 Å². The van der Waals surface area contributed by atoms with Gasteiger partial charge in [0.25, 0.3) is 0 Å². The number of ketones is 1. The van der Waals surface area contributed by atoms with Crippen molar-refractivity contribution in [3.05, 3.63) is 106 Å². The van der Waals surface area contributed by atoms with Gasteiger partial charge in [-0.1, -0.05) is 77.8 Å². The first-order chi connectivity index (χ1) is 11.6. The number of hydrogen-bond donors (Lipinski definition) is 0. The maximum absolute atomic E-state index is 13.0. The van der Waals surface area contributed by atoms with Gasteiger partial charge in [-0.3, -0.25) is 4.79 Å². The number of rotatable bonds is 5. The molecule has 0 aliphatic carbocycles. The predicted octanol–water partition coefficient (Wildman–Crippen LogP) is 6.20. The Morgan fingerprint density at radius 2 is 1.29 bits per heavy atom. The minimum atomic E-state index is -0.258. The molecule has 0 fully saturated rings. The Kier molecular flexibility index (Phi) is 5.34. The molecule has 1 atom stereocenters. The van der Waals surface area contributed by atoms with Crippen LogP contribution in [0.5, 0.6) is 0 Å². The van der Waals surface area contributed by atoms with Crippen molar-refractivity contribution in [3.63, 3.8) is 0 Å². The fourth-order valence-corrected chi connectivity index (χ4v) is 2.97. The molecule has 0 radical (unpaired) electrons. The highest BCUT2D eigenvalue weighted by atomic mass is 35.5. The van der Waals surface area contributed by atoms with Crippen molar-refractivity contribution in [1.82, 2.24) is 0 Å². The van der Waals surface area contributed by atoms with E-state index in [0.29, 0.717) is 22.0 Å². The second-order valence-electron chi connectivity index (χ2n) is 5.67. The molecule has 3 aromatic carbocycles. The summed E-state index contributed by atoms with van der Waals surface area (Å²) in [7, 11) is 0. The molecular weight excluding hydrogens is 339 g/mol. The molecule has 0 amide bonds. The Bertz CT molecular complexity index is 809. The summed E-state index contributed by atoms with van der Waals surface area (Å²) in [4.78, 5) is 13.0. The average molecular weight is 355 g/mol. The Morgan fingerprint density at radius 3 is 1.88 bits per heavy atom. The molecule has 0 aromatic heterocycles. The zero-order chi connectivity index (χ0) is 16.9. The van der Waals surface area contributed by atoms with Gasteiger partial charge in [0.2, 0.25) is 0 Å². The third-order valence-electron chi connectivity index (χ3n) is 4.00. The van der Waals surface area contributed by atoms with Crippen LogP contribution < -0.4 is 0 Å². The van der Waals surface area contributed by atoms with Gasteiger partial charge < -0.3 is 0 Å². The second kappa shape index (κ2) is 7.65. The van der Waals surface area contributed by atoms with Gasteiger partial charge in [-0.05, 0) is 41.8 Å². The van der Waals surface area contributed by atoms with Crippen LogP contribution in [0, 0.1) is 0 Å². The third-order valence-corrected chi connectivity index (χ3v) is 4.50. The van der Waals surface area contributed by atoms with Crippen LogP contribution in [0.25, 0.3) is 0 Å². The highest BCUT2D eigenvalue weighted by Gasteiger charge is 2.22. The molecule has 0 bridgehead atoms. The summed E-state index contributed by atoms with van der Waals surface area (Å²) < 4.78 is 0. The van der Waals surface area contributed by atoms with E-state index in [1.807, 2.05) is 78.9 Å². The van der Waals surface area contributed by atoms with E-state index in [2.05, 4.69) is 0 Å². The van der Waals surface area contributed by atoms with Gasteiger partial charge in [0, 0.05) is 15.6 Å². The Balaban J connectivity index is 1.95. The van der Waals surface area contributed by atoms with E-state index in [0.717, 1.165) is 11.1 Å². The van der Waals surface area contributed by atoms with E-state index in [1.54, 1.807) is 0 Å². The number of carbonyl (C=O) groups is 1. The molecule has 3 rings (SSSR count). The minimum absolute atomic E-state index is 0.105. The molecule has 0 aliphatic heterocycles. The van der Waals surface area contributed by atoms with Crippen molar-refractivity contribution in [2.45, 2.75) is 12.3 Å². The Labute approximate surface area is 151 Å². The normalized spacial score (nSPS) is 11.9. The highest BCUT2D eigenvalue weighted by molar-refractivity contribution is 6.30. The minimum Gasteiger partial charge on any atom is -0.293 e. The van der Waals surface area contributed by atoms with Crippen molar-refractivity contribution >= 4 is 29.0 Å². The summed E-state index contributed by atoms with van der Waals surface area (Å²) in [6.07, 6.45) is 0.618. The summed E-state index contributed by atoms with van der Waals surface area (Å²) in [5.74, 6) is -0.154. The van der Waals surface area contributed by atoms with E-state index < -0.39 is 0 Å². The van der Waals surface area contributed by atoms with Gasteiger partial charge in [0.05, 0.1) is 5.92 Å². The lowest BCUT2D eigenvalue weighted by Gasteiger charge is -2.17. The van der Waals surface area contributed by atoms with E-state index in [4.69, 9.17) is 23.2 Å². The van der Waals surface area contributed by atoms with Gasteiger partial charge in [0.15, 0.2) is 5.78 Å². The quantitative estimate of drug-likeness (QED) is 0.498. The van der Waals surface area contributed by atoms with Crippen LogP contribution in [0.2, 0.25) is 10.0 Å². The molecule has 0 heterocycles. The standard InChI is InChI=1S/C21H16Cl2O/c22-18-10-6-15(7-11-18)14-20(16-8-12-19(23)13-9-16)21(24)17-4-2-1-3-5-17/h1-13,20H,14H2. The molecule has 0 spiro atoms.